The van der Waals surface area contributed by atoms with Crippen LogP contribution in [0.15, 0.2) is 30.8 Å². The van der Waals surface area contributed by atoms with E-state index in [2.05, 4.69) is 6.58 Å². The Labute approximate surface area is 106 Å². The number of urea groups is 1. The van der Waals surface area contributed by atoms with Crippen LogP contribution < -0.4 is 0 Å². The minimum atomic E-state index is -0.392. The molecular weight excluding hydrogens is 228 g/mol. The number of likely N-dealkylation sites (N-methyl/N-ethyl adjacent to an activating group) is 2. The lowest BCUT2D eigenvalue weighted by atomic mass is 10.0. The van der Waals surface area contributed by atoms with Gasteiger partial charge in [-0.15, -0.1) is 0 Å². The molecule has 1 unspecified atom stereocenters. The van der Waals surface area contributed by atoms with Crippen molar-refractivity contribution in [2.75, 3.05) is 14.1 Å². The first-order valence-corrected chi connectivity index (χ1v) is 5.80. The molecule has 1 aromatic rings. The number of benzene rings is 1. The molecule has 94 valence electrons. The van der Waals surface area contributed by atoms with Gasteiger partial charge in [0.15, 0.2) is 0 Å². The molecular formula is C14H16N2O2. The topological polar surface area (TPSA) is 40.6 Å². The fourth-order valence-electron chi connectivity index (χ4n) is 2.09. The Bertz CT molecular complexity index is 493. The molecule has 4 heteroatoms. The van der Waals surface area contributed by atoms with Crippen molar-refractivity contribution in [1.29, 1.82) is 0 Å². The van der Waals surface area contributed by atoms with Crippen molar-refractivity contribution in [3.63, 3.8) is 0 Å². The van der Waals surface area contributed by atoms with Gasteiger partial charge in [-0.05, 0) is 11.1 Å². The second-order valence-electron chi connectivity index (χ2n) is 4.46. The molecule has 0 radical (unpaired) electrons. The van der Waals surface area contributed by atoms with E-state index in [1.165, 1.54) is 16.8 Å². The summed E-state index contributed by atoms with van der Waals surface area (Å²) in [5.74, 6) is -0.143. The maximum Gasteiger partial charge on any atom is 0.326 e. The Morgan fingerprint density at radius 3 is 2.28 bits per heavy atom. The van der Waals surface area contributed by atoms with Crippen LogP contribution in [0, 0.1) is 0 Å². The highest BCUT2D eigenvalue weighted by Gasteiger charge is 2.40. The van der Waals surface area contributed by atoms with E-state index in [0.29, 0.717) is 6.42 Å². The van der Waals surface area contributed by atoms with Gasteiger partial charge in [0.1, 0.15) is 6.04 Å². The lowest BCUT2D eigenvalue weighted by Crippen LogP contribution is -2.33. The van der Waals surface area contributed by atoms with E-state index >= 15 is 0 Å². The van der Waals surface area contributed by atoms with Crippen molar-refractivity contribution < 1.29 is 9.59 Å². The van der Waals surface area contributed by atoms with Gasteiger partial charge >= 0.3 is 6.03 Å². The summed E-state index contributed by atoms with van der Waals surface area (Å²) in [5, 5.41) is 0. The van der Waals surface area contributed by atoms with Crippen LogP contribution in [0.1, 0.15) is 11.1 Å². The maximum absolute atomic E-state index is 11.9. The zero-order chi connectivity index (χ0) is 13.3. The summed E-state index contributed by atoms with van der Waals surface area (Å²) >= 11 is 0. The molecule has 4 nitrogen and oxygen atoms in total. The van der Waals surface area contributed by atoms with Crippen molar-refractivity contribution >= 4 is 18.0 Å². The molecule has 0 saturated carbocycles. The number of carbonyl (C=O) groups excluding carboxylic acids is 2. The van der Waals surface area contributed by atoms with Crippen LogP contribution in [-0.2, 0) is 11.2 Å². The van der Waals surface area contributed by atoms with Gasteiger partial charge in [-0.1, -0.05) is 36.9 Å². The fraction of sp³-hybridized carbons (Fsp3) is 0.286. The van der Waals surface area contributed by atoms with E-state index in [0.717, 1.165) is 11.1 Å². The third-order valence-corrected chi connectivity index (χ3v) is 3.32. The summed E-state index contributed by atoms with van der Waals surface area (Å²) in [7, 11) is 3.18. The molecule has 1 saturated heterocycles. The monoisotopic (exact) mass is 244 g/mol. The van der Waals surface area contributed by atoms with E-state index in [1.54, 1.807) is 13.1 Å². The molecule has 1 aliphatic heterocycles. The number of nitrogens with zero attached hydrogens (tertiary/aromatic N) is 2. The van der Waals surface area contributed by atoms with E-state index in [1.807, 2.05) is 24.3 Å². The lowest BCUT2D eigenvalue weighted by Gasteiger charge is -2.16. The first kappa shape index (κ1) is 12.4. The van der Waals surface area contributed by atoms with Crippen LogP contribution in [0.2, 0.25) is 0 Å². The van der Waals surface area contributed by atoms with E-state index in [4.69, 9.17) is 0 Å². The number of amides is 3. The molecule has 1 atom stereocenters. The zero-order valence-electron chi connectivity index (χ0n) is 10.6. The largest absolute Gasteiger partial charge is 0.326 e. The second kappa shape index (κ2) is 4.64. The van der Waals surface area contributed by atoms with Gasteiger partial charge in [-0.25, -0.2) is 4.79 Å². The van der Waals surface area contributed by atoms with Gasteiger partial charge in [0.2, 0.25) is 0 Å². The summed E-state index contributed by atoms with van der Waals surface area (Å²) in [6.07, 6.45) is 2.32. The van der Waals surface area contributed by atoms with Gasteiger partial charge in [0.25, 0.3) is 5.91 Å². The molecule has 1 heterocycles. The molecule has 0 bridgehead atoms. The van der Waals surface area contributed by atoms with Crippen LogP contribution in [0.3, 0.4) is 0 Å². The Kier molecular flexibility index (Phi) is 3.19. The molecule has 0 aliphatic carbocycles. The molecule has 0 aromatic heterocycles. The molecule has 18 heavy (non-hydrogen) atoms. The first-order valence-electron chi connectivity index (χ1n) is 5.80. The highest BCUT2D eigenvalue weighted by atomic mass is 16.2. The van der Waals surface area contributed by atoms with Crippen molar-refractivity contribution in [3.8, 4) is 0 Å². The Hall–Kier alpha value is -2.10. The molecule has 1 fully saturated rings. The number of hydrogen-bond acceptors (Lipinski definition) is 2. The van der Waals surface area contributed by atoms with Crippen LogP contribution >= 0.6 is 0 Å². The minimum absolute atomic E-state index is 0.143. The lowest BCUT2D eigenvalue weighted by molar-refractivity contribution is -0.127. The molecule has 2 rings (SSSR count). The predicted molar refractivity (Wildman–Crippen MR) is 70.0 cm³/mol. The number of carbonyl (C=O) groups is 2. The second-order valence-corrected chi connectivity index (χ2v) is 4.46. The predicted octanol–water partition coefficient (Wildman–Crippen LogP) is 1.76. The maximum atomic E-state index is 11.9. The zero-order valence-corrected chi connectivity index (χ0v) is 10.6. The Morgan fingerprint density at radius 2 is 1.83 bits per heavy atom. The third kappa shape index (κ3) is 2.01. The van der Waals surface area contributed by atoms with Crippen molar-refractivity contribution in [2.24, 2.45) is 0 Å². The van der Waals surface area contributed by atoms with Crippen molar-refractivity contribution in [3.05, 3.63) is 42.0 Å². The van der Waals surface area contributed by atoms with Crippen LogP contribution in [0.5, 0.6) is 0 Å². The summed E-state index contributed by atoms with van der Waals surface area (Å²) in [6, 6.07) is 7.19. The molecule has 0 spiro atoms. The quantitative estimate of drug-likeness (QED) is 0.760. The SMILES string of the molecule is C=Cc1ccc(CC2C(=O)N(C)C(=O)N2C)cc1. The van der Waals surface area contributed by atoms with Crippen molar-refractivity contribution in [2.45, 2.75) is 12.5 Å². The summed E-state index contributed by atoms with van der Waals surface area (Å²) in [6.45, 7) is 3.69. The van der Waals surface area contributed by atoms with Crippen molar-refractivity contribution in [1.82, 2.24) is 9.80 Å². The average molecular weight is 244 g/mol. The van der Waals surface area contributed by atoms with Crippen LogP contribution in [0.4, 0.5) is 4.79 Å². The third-order valence-electron chi connectivity index (χ3n) is 3.32. The fourth-order valence-corrected chi connectivity index (χ4v) is 2.09. The van der Waals surface area contributed by atoms with E-state index in [9.17, 15) is 9.59 Å². The van der Waals surface area contributed by atoms with Crippen LogP contribution in [-0.4, -0.2) is 41.9 Å². The summed E-state index contributed by atoms with van der Waals surface area (Å²) in [5.41, 5.74) is 2.08. The molecule has 1 aliphatic rings. The van der Waals surface area contributed by atoms with E-state index < -0.39 is 6.04 Å². The molecule has 0 N–H and O–H groups in total. The molecule has 1 aromatic carbocycles. The summed E-state index contributed by atoms with van der Waals surface area (Å²) in [4.78, 5) is 26.2. The number of imide groups is 1. The van der Waals surface area contributed by atoms with Gasteiger partial charge in [0, 0.05) is 20.5 Å². The highest BCUT2D eigenvalue weighted by Crippen LogP contribution is 2.18. The highest BCUT2D eigenvalue weighted by molar-refractivity contribution is 6.03. The Morgan fingerprint density at radius 1 is 1.22 bits per heavy atom. The first-order chi connectivity index (χ1) is 8.54. The van der Waals surface area contributed by atoms with Gasteiger partial charge in [0.05, 0.1) is 0 Å². The standard InChI is InChI=1S/C14H16N2O2/c1-4-10-5-7-11(8-6-10)9-12-13(17)16(3)14(18)15(12)2/h4-8,12H,1,9H2,2-3H3. The molecule has 3 amide bonds. The van der Waals surface area contributed by atoms with Gasteiger partial charge in [-0.2, -0.15) is 0 Å². The van der Waals surface area contributed by atoms with Crippen LogP contribution in [0.25, 0.3) is 6.08 Å². The smallest absolute Gasteiger partial charge is 0.315 e. The van der Waals surface area contributed by atoms with E-state index in [-0.39, 0.29) is 11.9 Å². The minimum Gasteiger partial charge on any atom is -0.315 e. The summed E-state index contributed by atoms with van der Waals surface area (Å²) < 4.78 is 0. The van der Waals surface area contributed by atoms with Gasteiger partial charge < -0.3 is 4.90 Å². The average Bonchev–Trinajstić information content (AvgIpc) is 2.57. The normalized spacial score (nSPS) is 19.6. The van der Waals surface area contributed by atoms with Gasteiger partial charge in [-0.3, -0.25) is 9.69 Å². The number of hydrogen-bond donors (Lipinski definition) is 0. The Balaban J connectivity index is 2.16. The number of rotatable bonds is 3.